The van der Waals surface area contributed by atoms with E-state index < -0.39 is 11.5 Å². The molecule has 1 fully saturated rings. The summed E-state index contributed by atoms with van der Waals surface area (Å²) in [5.41, 5.74) is 1.86. The third-order valence-corrected chi connectivity index (χ3v) is 5.38. The molecule has 1 aliphatic rings. The van der Waals surface area contributed by atoms with Crippen molar-refractivity contribution in [1.29, 1.82) is 0 Å². The molecule has 0 bridgehead atoms. The zero-order valence-electron chi connectivity index (χ0n) is 14.8. The Labute approximate surface area is 151 Å². The van der Waals surface area contributed by atoms with Crippen LogP contribution in [0.3, 0.4) is 0 Å². The summed E-state index contributed by atoms with van der Waals surface area (Å²) in [5, 5.41) is 23.1. The zero-order chi connectivity index (χ0) is 18.3. The van der Waals surface area contributed by atoms with Gasteiger partial charge in [0.1, 0.15) is 5.69 Å². The molecule has 0 saturated heterocycles. The van der Waals surface area contributed by atoms with Gasteiger partial charge in [-0.1, -0.05) is 24.6 Å². The van der Waals surface area contributed by atoms with Gasteiger partial charge in [0.05, 0.1) is 18.1 Å². The molecule has 3 aromatic rings. The van der Waals surface area contributed by atoms with Crippen molar-refractivity contribution in [2.24, 2.45) is 0 Å². The van der Waals surface area contributed by atoms with E-state index >= 15 is 0 Å². The molecule has 1 unspecified atom stereocenters. The summed E-state index contributed by atoms with van der Waals surface area (Å²) in [5.74, 6) is -0.526. The number of rotatable bonds is 5. The number of hydrogen-bond donors (Lipinski definition) is 1. The first-order chi connectivity index (χ1) is 12.5. The molecule has 0 aliphatic heterocycles. The van der Waals surface area contributed by atoms with Crippen LogP contribution in [0, 0.1) is 6.92 Å². The van der Waals surface area contributed by atoms with E-state index in [1.807, 2.05) is 37.4 Å². The van der Waals surface area contributed by atoms with Crippen molar-refractivity contribution in [2.75, 3.05) is 0 Å². The average Bonchev–Trinajstić information content (AvgIpc) is 3.23. The quantitative estimate of drug-likeness (QED) is 0.764. The second-order valence-electron chi connectivity index (χ2n) is 7.03. The molecule has 0 amide bonds. The molecule has 26 heavy (non-hydrogen) atoms. The molecule has 1 atom stereocenters. The first kappa shape index (κ1) is 16.5. The fourth-order valence-electron chi connectivity index (χ4n) is 3.25. The smallest absolute Gasteiger partial charge is 0.337 e. The Hall–Kier alpha value is -2.96. The molecule has 1 N–H and O–H groups in total. The lowest BCUT2D eigenvalue weighted by atomic mass is 9.81. The van der Waals surface area contributed by atoms with Gasteiger partial charge in [-0.2, -0.15) is 20.1 Å². The lowest BCUT2D eigenvalue weighted by Gasteiger charge is -2.25. The molecular formula is C19H21N5O2. The standard InChI is InChI=1S/C19H21N5O2/c1-13-6-3-4-9-16(13)24-21-11-17(22-24)19(2,18(25)26)23-12-15(10-20-23)14-7-5-8-14/h3-4,6,9-12,14H,5,7-8H2,1-2H3,(H,25,26). The van der Waals surface area contributed by atoms with E-state index in [0.717, 1.165) is 29.7 Å². The monoisotopic (exact) mass is 351 g/mol. The molecule has 1 aromatic carbocycles. The van der Waals surface area contributed by atoms with Gasteiger partial charge in [-0.3, -0.25) is 0 Å². The first-order valence-corrected chi connectivity index (χ1v) is 8.77. The number of aryl methyl sites for hydroxylation is 1. The van der Waals surface area contributed by atoms with Crippen molar-refractivity contribution in [3.63, 3.8) is 0 Å². The summed E-state index contributed by atoms with van der Waals surface area (Å²) in [4.78, 5) is 13.6. The molecule has 134 valence electrons. The van der Waals surface area contributed by atoms with Crippen LogP contribution in [0.4, 0.5) is 0 Å². The summed E-state index contributed by atoms with van der Waals surface area (Å²) < 4.78 is 1.50. The van der Waals surface area contributed by atoms with Crippen LogP contribution in [0.15, 0.2) is 42.9 Å². The summed E-state index contributed by atoms with van der Waals surface area (Å²) in [6.45, 7) is 3.58. The Morgan fingerprint density at radius 1 is 1.23 bits per heavy atom. The SMILES string of the molecule is Cc1ccccc1-n1ncc(C(C)(C(=O)O)n2cc(C3CCC3)cn2)n1. The topological polar surface area (TPSA) is 85.8 Å². The second kappa shape index (κ2) is 6.09. The van der Waals surface area contributed by atoms with Gasteiger partial charge in [0.2, 0.25) is 5.54 Å². The van der Waals surface area contributed by atoms with E-state index in [-0.39, 0.29) is 0 Å². The van der Waals surface area contributed by atoms with E-state index in [2.05, 4.69) is 15.3 Å². The van der Waals surface area contributed by atoms with Crippen LogP contribution in [0.2, 0.25) is 0 Å². The van der Waals surface area contributed by atoms with Crippen LogP contribution >= 0.6 is 0 Å². The minimum atomic E-state index is -1.41. The van der Waals surface area contributed by atoms with Crippen LogP contribution in [-0.2, 0) is 10.3 Å². The molecule has 7 heteroatoms. The first-order valence-electron chi connectivity index (χ1n) is 8.77. The molecular weight excluding hydrogens is 330 g/mol. The molecule has 1 saturated carbocycles. The van der Waals surface area contributed by atoms with E-state index in [0.29, 0.717) is 11.6 Å². The Morgan fingerprint density at radius 2 is 2.00 bits per heavy atom. The lowest BCUT2D eigenvalue weighted by molar-refractivity contribution is -0.145. The van der Waals surface area contributed by atoms with Crippen LogP contribution in [0.1, 0.15) is 48.9 Å². The molecule has 1 aliphatic carbocycles. The van der Waals surface area contributed by atoms with Crippen LogP contribution < -0.4 is 0 Å². The van der Waals surface area contributed by atoms with Gasteiger partial charge in [-0.25, -0.2) is 9.48 Å². The Kier molecular flexibility index (Phi) is 3.86. The number of benzene rings is 1. The Balaban J connectivity index is 1.74. The molecule has 2 heterocycles. The van der Waals surface area contributed by atoms with Crippen molar-refractivity contribution < 1.29 is 9.90 Å². The third-order valence-electron chi connectivity index (χ3n) is 5.38. The van der Waals surface area contributed by atoms with Crippen molar-refractivity contribution >= 4 is 5.97 Å². The molecule has 7 nitrogen and oxygen atoms in total. The van der Waals surface area contributed by atoms with E-state index in [1.54, 1.807) is 13.1 Å². The van der Waals surface area contributed by atoms with Crippen LogP contribution in [-0.4, -0.2) is 35.9 Å². The maximum absolute atomic E-state index is 12.2. The van der Waals surface area contributed by atoms with Crippen molar-refractivity contribution in [2.45, 2.75) is 44.6 Å². The van der Waals surface area contributed by atoms with Gasteiger partial charge in [0.25, 0.3) is 0 Å². The van der Waals surface area contributed by atoms with Crippen molar-refractivity contribution in [1.82, 2.24) is 24.8 Å². The maximum Gasteiger partial charge on any atom is 0.337 e. The van der Waals surface area contributed by atoms with Crippen LogP contribution in [0.5, 0.6) is 0 Å². The highest BCUT2D eigenvalue weighted by atomic mass is 16.4. The van der Waals surface area contributed by atoms with E-state index in [1.165, 1.54) is 22.1 Å². The molecule has 2 aromatic heterocycles. The minimum Gasteiger partial charge on any atom is -0.479 e. The number of carboxylic acids is 1. The molecule has 0 spiro atoms. The van der Waals surface area contributed by atoms with Gasteiger partial charge in [-0.05, 0) is 49.8 Å². The Morgan fingerprint density at radius 3 is 2.65 bits per heavy atom. The lowest BCUT2D eigenvalue weighted by Crippen LogP contribution is -2.41. The number of nitrogens with zero attached hydrogens (tertiary/aromatic N) is 5. The summed E-state index contributed by atoms with van der Waals surface area (Å²) >= 11 is 0. The third kappa shape index (κ3) is 2.51. The number of carbonyl (C=O) groups is 1. The minimum absolute atomic E-state index is 0.344. The maximum atomic E-state index is 12.2. The highest BCUT2D eigenvalue weighted by molar-refractivity contribution is 5.79. The largest absolute Gasteiger partial charge is 0.479 e. The predicted molar refractivity (Wildman–Crippen MR) is 95.3 cm³/mol. The highest BCUT2D eigenvalue weighted by Crippen LogP contribution is 2.37. The fourth-order valence-corrected chi connectivity index (χ4v) is 3.25. The highest BCUT2D eigenvalue weighted by Gasteiger charge is 2.42. The average molecular weight is 351 g/mol. The van der Waals surface area contributed by atoms with Crippen LogP contribution in [0.25, 0.3) is 5.69 Å². The number of carboxylic acid groups (broad SMARTS) is 1. The number of aliphatic carboxylic acids is 1. The number of aromatic nitrogens is 5. The number of para-hydroxylation sites is 1. The van der Waals surface area contributed by atoms with Gasteiger partial charge in [0, 0.05) is 6.20 Å². The summed E-state index contributed by atoms with van der Waals surface area (Å²) in [6.07, 6.45) is 8.61. The van der Waals surface area contributed by atoms with Crippen molar-refractivity contribution in [3.05, 3.63) is 59.7 Å². The predicted octanol–water partition coefficient (Wildman–Crippen LogP) is 2.89. The second-order valence-corrected chi connectivity index (χ2v) is 7.03. The van der Waals surface area contributed by atoms with E-state index in [4.69, 9.17) is 0 Å². The fraction of sp³-hybridized carbons (Fsp3) is 0.368. The van der Waals surface area contributed by atoms with Crippen molar-refractivity contribution in [3.8, 4) is 5.69 Å². The number of hydrogen-bond acceptors (Lipinski definition) is 4. The summed E-state index contributed by atoms with van der Waals surface area (Å²) in [6, 6.07) is 7.71. The van der Waals surface area contributed by atoms with Gasteiger partial charge < -0.3 is 5.11 Å². The summed E-state index contributed by atoms with van der Waals surface area (Å²) in [7, 11) is 0. The van der Waals surface area contributed by atoms with E-state index in [9.17, 15) is 9.90 Å². The Bertz CT molecular complexity index is 956. The normalized spacial score (nSPS) is 16.8. The van der Waals surface area contributed by atoms with Gasteiger partial charge in [0.15, 0.2) is 0 Å². The molecule has 0 radical (unpaired) electrons. The zero-order valence-corrected chi connectivity index (χ0v) is 14.8. The molecule has 4 rings (SSSR count). The van der Waals surface area contributed by atoms with Gasteiger partial charge in [-0.15, -0.1) is 0 Å². The van der Waals surface area contributed by atoms with Gasteiger partial charge >= 0.3 is 5.97 Å².